The molecule has 2 N–H and O–H groups in total. The maximum atomic E-state index is 12.9. The van der Waals surface area contributed by atoms with E-state index in [0.717, 1.165) is 4.68 Å². The van der Waals surface area contributed by atoms with E-state index in [1.807, 2.05) is 0 Å². The van der Waals surface area contributed by atoms with Crippen molar-refractivity contribution in [2.24, 2.45) is 0 Å². The molecular weight excluding hydrogens is 385 g/mol. The molecule has 0 fully saturated rings. The third-order valence-electron chi connectivity index (χ3n) is 4.05. The van der Waals surface area contributed by atoms with Gasteiger partial charge in [0.1, 0.15) is 12.2 Å². The fourth-order valence-electron chi connectivity index (χ4n) is 2.97. The number of hydrogen-bond acceptors (Lipinski definition) is 3. The van der Waals surface area contributed by atoms with Crippen molar-refractivity contribution in [3.63, 3.8) is 0 Å². The Bertz CT molecular complexity index is 1200. The first-order chi connectivity index (χ1) is 12.7. The first-order valence-corrected chi connectivity index (χ1v) is 8.05. The van der Waals surface area contributed by atoms with Crippen molar-refractivity contribution >= 4 is 39.5 Å². The van der Waals surface area contributed by atoms with Gasteiger partial charge in [-0.3, -0.25) is 9.67 Å². The molecule has 3 heterocycles. The quantitative estimate of drug-likeness (QED) is 0.536. The predicted molar refractivity (Wildman–Crippen MR) is 92.8 cm³/mol. The molecular formula is C17H10ClF3N4O2. The van der Waals surface area contributed by atoms with E-state index < -0.39 is 18.7 Å². The van der Waals surface area contributed by atoms with Crippen LogP contribution in [0.4, 0.5) is 13.2 Å². The molecule has 0 bridgehead atoms. The number of halogens is 4. The highest BCUT2D eigenvalue weighted by atomic mass is 35.5. The van der Waals surface area contributed by atoms with Crippen LogP contribution in [0.25, 0.3) is 33.3 Å². The lowest BCUT2D eigenvalue weighted by Crippen LogP contribution is -2.18. The lowest BCUT2D eigenvalue weighted by atomic mass is 10.1. The van der Waals surface area contributed by atoms with Crippen molar-refractivity contribution in [1.82, 2.24) is 19.7 Å². The van der Waals surface area contributed by atoms with E-state index in [2.05, 4.69) is 15.1 Å². The molecule has 10 heteroatoms. The van der Waals surface area contributed by atoms with Crippen LogP contribution in [0.5, 0.6) is 0 Å². The number of carboxylic acids is 1. The van der Waals surface area contributed by atoms with Crippen molar-refractivity contribution in [3.05, 3.63) is 47.1 Å². The Morgan fingerprint density at radius 3 is 2.74 bits per heavy atom. The van der Waals surface area contributed by atoms with Crippen molar-refractivity contribution in [2.45, 2.75) is 12.7 Å². The lowest BCUT2D eigenvalue weighted by Gasteiger charge is -2.07. The van der Waals surface area contributed by atoms with E-state index in [1.165, 1.54) is 18.3 Å². The zero-order valence-corrected chi connectivity index (χ0v) is 14.1. The summed E-state index contributed by atoms with van der Waals surface area (Å²) in [5.74, 6) is -1.14. The first-order valence-electron chi connectivity index (χ1n) is 7.67. The molecule has 1 aromatic carbocycles. The SMILES string of the molecule is O=C(O)c1ccnc2cc(-c3nn(CC(F)(F)F)c4cc(Cl)ccc34)[nH]c12. The summed E-state index contributed by atoms with van der Waals surface area (Å²) < 4.78 is 39.6. The maximum Gasteiger partial charge on any atom is 0.408 e. The number of fused-ring (bicyclic) bond motifs is 2. The minimum Gasteiger partial charge on any atom is -0.478 e. The van der Waals surface area contributed by atoms with Crippen molar-refractivity contribution < 1.29 is 23.1 Å². The van der Waals surface area contributed by atoms with Gasteiger partial charge in [-0.05, 0) is 30.3 Å². The topological polar surface area (TPSA) is 83.8 Å². The van der Waals surface area contributed by atoms with Crippen LogP contribution < -0.4 is 0 Å². The summed E-state index contributed by atoms with van der Waals surface area (Å²) in [6, 6.07) is 7.42. The van der Waals surface area contributed by atoms with Gasteiger partial charge >= 0.3 is 12.1 Å². The maximum absolute atomic E-state index is 12.9. The lowest BCUT2D eigenvalue weighted by molar-refractivity contribution is -0.141. The molecule has 3 aromatic heterocycles. The molecule has 0 unspecified atom stereocenters. The summed E-state index contributed by atoms with van der Waals surface area (Å²) >= 11 is 5.93. The number of carbonyl (C=O) groups is 1. The van der Waals surface area contributed by atoms with Crippen LogP contribution in [0.1, 0.15) is 10.4 Å². The number of benzene rings is 1. The highest BCUT2D eigenvalue weighted by Crippen LogP contribution is 2.33. The van der Waals surface area contributed by atoms with Gasteiger partial charge < -0.3 is 10.1 Å². The predicted octanol–water partition coefficient (Wildman–Crippen LogP) is 4.49. The minimum atomic E-state index is -4.46. The largest absolute Gasteiger partial charge is 0.478 e. The number of alkyl halides is 3. The molecule has 138 valence electrons. The number of pyridine rings is 1. The number of aromatic amines is 1. The summed E-state index contributed by atoms with van der Waals surface area (Å²) in [5, 5.41) is 14.1. The van der Waals surface area contributed by atoms with Gasteiger partial charge in [0, 0.05) is 16.6 Å². The van der Waals surface area contributed by atoms with Gasteiger partial charge in [0.25, 0.3) is 0 Å². The van der Waals surface area contributed by atoms with Gasteiger partial charge in [-0.1, -0.05) is 11.6 Å². The number of aromatic carboxylic acids is 1. The minimum absolute atomic E-state index is 0.00771. The third-order valence-corrected chi connectivity index (χ3v) is 4.28. The number of nitrogens with zero attached hydrogens (tertiary/aromatic N) is 3. The standard InChI is InChI=1S/C17H10ClF3N4O2/c18-8-1-2-9-13(5-8)25(7-17(19,20)21)24-15(9)12-6-11-14(23-12)10(16(26)27)3-4-22-11/h1-6,23H,7H2,(H,26,27). The fourth-order valence-corrected chi connectivity index (χ4v) is 3.13. The average Bonchev–Trinajstić information content (AvgIpc) is 3.14. The zero-order valence-electron chi connectivity index (χ0n) is 13.4. The van der Waals surface area contributed by atoms with Crippen LogP contribution >= 0.6 is 11.6 Å². The molecule has 0 aliphatic rings. The summed E-state index contributed by atoms with van der Waals surface area (Å²) in [6.45, 7) is -1.28. The normalized spacial score (nSPS) is 12.1. The molecule has 4 aromatic rings. The van der Waals surface area contributed by atoms with Crippen molar-refractivity contribution in [2.75, 3.05) is 0 Å². The monoisotopic (exact) mass is 394 g/mol. The van der Waals surface area contributed by atoms with E-state index in [9.17, 15) is 23.1 Å². The van der Waals surface area contributed by atoms with Crippen LogP contribution in [-0.4, -0.2) is 37.0 Å². The van der Waals surface area contributed by atoms with Crippen molar-refractivity contribution in [3.8, 4) is 11.4 Å². The summed E-state index contributed by atoms with van der Waals surface area (Å²) in [4.78, 5) is 18.4. The number of hydrogen-bond donors (Lipinski definition) is 2. The zero-order chi connectivity index (χ0) is 19.3. The van der Waals surface area contributed by atoms with Crippen LogP contribution in [0.3, 0.4) is 0 Å². The van der Waals surface area contributed by atoms with Gasteiger partial charge in [0.15, 0.2) is 0 Å². The second-order valence-electron chi connectivity index (χ2n) is 5.89. The highest BCUT2D eigenvalue weighted by molar-refractivity contribution is 6.31. The third kappa shape index (κ3) is 3.10. The molecule has 0 aliphatic carbocycles. The van der Waals surface area contributed by atoms with E-state index >= 15 is 0 Å². The Morgan fingerprint density at radius 2 is 2.04 bits per heavy atom. The number of H-pyrrole nitrogens is 1. The van der Waals surface area contributed by atoms with Gasteiger partial charge in [0.2, 0.25) is 0 Å². The molecule has 0 saturated heterocycles. The Hall–Kier alpha value is -3.07. The van der Waals surface area contributed by atoms with Crippen LogP contribution in [0.2, 0.25) is 5.02 Å². The highest BCUT2D eigenvalue weighted by Gasteiger charge is 2.30. The molecule has 6 nitrogen and oxygen atoms in total. The first kappa shape index (κ1) is 17.3. The molecule has 4 rings (SSSR count). The summed E-state index contributed by atoms with van der Waals surface area (Å²) in [7, 11) is 0. The molecule has 0 amide bonds. The molecule has 0 saturated carbocycles. The Balaban J connectivity index is 1.95. The average molecular weight is 395 g/mol. The van der Waals surface area contributed by atoms with Crippen LogP contribution in [0.15, 0.2) is 36.5 Å². The second kappa shape index (κ2) is 5.98. The van der Waals surface area contributed by atoms with Gasteiger partial charge in [0.05, 0.1) is 27.8 Å². The van der Waals surface area contributed by atoms with E-state index in [4.69, 9.17) is 11.6 Å². The number of nitrogens with one attached hydrogen (secondary N) is 1. The Labute approximate surface area is 154 Å². The van der Waals surface area contributed by atoms with E-state index in [1.54, 1.807) is 18.2 Å². The molecule has 27 heavy (non-hydrogen) atoms. The molecule has 0 aliphatic heterocycles. The molecule has 0 atom stereocenters. The van der Waals surface area contributed by atoms with Gasteiger partial charge in [-0.25, -0.2) is 4.79 Å². The van der Waals surface area contributed by atoms with Gasteiger partial charge in [-0.15, -0.1) is 0 Å². The second-order valence-corrected chi connectivity index (χ2v) is 6.33. The Kier molecular flexibility index (Phi) is 3.84. The van der Waals surface area contributed by atoms with Crippen molar-refractivity contribution in [1.29, 1.82) is 0 Å². The van der Waals surface area contributed by atoms with Crippen LogP contribution in [-0.2, 0) is 6.54 Å². The van der Waals surface area contributed by atoms with Crippen LogP contribution in [0, 0.1) is 0 Å². The smallest absolute Gasteiger partial charge is 0.408 e. The number of aromatic nitrogens is 4. The summed E-state index contributed by atoms with van der Waals surface area (Å²) in [5.41, 5.74) is 1.48. The number of rotatable bonds is 3. The van der Waals surface area contributed by atoms with Gasteiger partial charge in [-0.2, -0.15) is 18.3 Å². The number of carboxylic acid groups (broad SMARTS) is 1. The summed E-state index contributed by atoms with van der Waals surface area (Å²) in [6.07, 6.45) is -3.11. The fraction of sp³-hybridized carbons (Fsp3) is 0.118. The van der Waals surface area contributed by atoms with E-state index in [0.29, 0.717) is 16.6 Å². The van der Waals surface area contributed by atoms with E-state index in [-0.39, 0.29) is 27.3 Å². The molecule has 0 radical (unpaired) electrons. The Morgan fingerprint density at radius 1 is 1.26 bits per heavy atom. The molecule has 0 spiro atoms.